The highest BCUT2D eigenvalue weighted by Gasteiger charge is 2.54. The SMILES string of the molecule is CCCCCCCCCC/C=C\CCCCCCCCCCCCCCCCCCCC(=O)NC(COC1OC(CO)C(OC2OC(CO)C(OC3OC(CO)C(O)C(O)C3O)C(O)C2O)C(O)C1O)C(O)/C=C/CCCCCCCCCCCCCCCCCCCCCCCCCCCC. The minimum Gasteiger partial charge on any atom is -0.394 e. The molecule has 0 radical (unpaired) electrons. The summed E-state index contributed by atoms with van der Waals surface area (Å²) in [5.74, 6) is -0.267. The Labute approximate surface area is 619 Å². The van der Waals surface area contributed by atoms with Crippen LogP contribution < -0.4 is 5.32 Å². The third-order valence-electron chi connectivity index (χ3n) is 21.5. The Morgan fingerprint density at radius 1 is 0.343 bits per heavy atom. The number of carbonyl (C=O) groups is 1. The van der Waals surface area contributed by atoms with Gasteiger partial charge in [-0.15, -0.1) is 0 Å². The van der Waals surface area contributed by atoms with Crippen LogP contribution in [0.2, 0.25) is 0 Å². The summed E-state index contributed by atoms with van der Waals surface area (Å²) in [7, 11) is 0. The van der Waals surface area contributed by atoms with E-state index in [0.717, 1.165) is 44.9 Å². The molecule has 1 amide bonds. The maximum absolute atomic E-state index is 13.5. The molecule has 3 fully saturated rings. The molecule has 0 aromatic carbocycles. The van der Waals surface area contributed by atoms with Crippen molar-refractivity contribution in [3.8, 4) is 0 Å². The van der Waals surface area contributed by atoms with Crippen molar-refractivity contribution < 1.29 is 89.4 Å². The van der Waals surface area contributed by atoms with Crippen LogP contribution in [0.15, 0.2) is 24.3 Å². The molecule has 602 valence electrons. The van der Waals surface area contributed by atoms with Crippen molar-refractivity contribution in [1.29, 1.82) is 0 Å². The second kappa shape index (κ2) is 64.1. The van der Waals surface area contributed by atoms with Crippen LogP contribution >= 0.6 is 0 Å². The summed E-state index contributed by atoms with van der Waals surface area (Å²) < 4.78 is 34.5. The Morgan fingerprint density at radius 3 is 0.951 bits per heavy atom. The summed E-state index contributed by atoms with van der Waals surface area (Å²) in [6, 6.07) is -0.972. The largest absolute Gasteiger partial charge is 0.394 e. The topological polar surface area (TPSA) is 307 Å². The zero-order valence-corrected chi connectivity index (χ0v) is 64.6. The van der Waals surface area contributed by atoms with Crippen LogP contribution in [0.3, 0.4) is 0 Å². The fourth-order valence-electron chi connectivity index (χ4n) is 14.7. The Morgan fingerprint density at radius 2 is 0.618 bits per heavy atom. The van der Waals surface area contributed by atoms with Gasteiger partial charge in [-0.05, 0) is 44.9 Å². The monoisotopic (exact) mass is 1460 g/mol. The average molecular weight is 1460 g/mol. The Balaban J connectivity index is 1.36. The molecular formula is C83H157NO18. The second-order valence-corrected chi connectivity index (χ2v) is 30.6. The van der Waals surface area contributed by atoms with Gasteiger partial charge in [-0.1, -0.05) is 340 Å². The first-order valence-electron chi connectivity index (χ1n) is 42.6. The smallest absolute Gasteiger partial charge is 0.220 e. The maximum Gasteiger partial charge on any atom is 0.220 e. The quantitative estimate of drug-likeness (QED) is 0.0199. The normalized spacial score (nSPS) is 26.2. The lowest BCUT2D eigenvalue weighted by atomic mass is 9.96. The highest BCUT2D eigenvalue weighted by atomic mass is 16.8. The van der Waals surface area contributed by atoms with Gasteiger partial charge in [0.25, 0.3) is 0 Å². The highest BCUT2D eigenvalue weighted by molar-refractivity contribution is 5.76. The molecule has 0 bridgehead atoms. The van der Waals surface area contributed by atoms with Gasteiger partial charge in [-0.25, -0.2) is 0 Å². The molecule has 0 aliphatic carbocycles. The molecule has 3 saturated heterocycles. The highest BCUT2D eigenvalue weighted by Crippen LogP contribution is 2.33. The van der Waals surface area contributed by atoms with Crippen LogP contribution in [-0.2, 0) is 33.2 Å². The van der Waals surface area contributed by atoms with Crippen molar-refractivity contribution in [2.24, 2.45) is 0 Å². The van der Waals surface area contributed by atoms with Crippen LogP contribution in [0.5, 0.6) is 0 Å². The molecule has 0 aromatic rings. The lowest BCUT2D eigenvalue weighted by Crippen LogP contribution is -2.66. The Hall–Kier alpha value is -1.73. The number of amides is 1. The lowest BCUT2D eigenvalue weighted by molar-refractivity contribution is -0.379. The Kier molecular flexibility index (Phi) is 59.4. The van der Waals surface area contributed by atoms with E-state index in [1.807, 2.05) is 6.08 Å². The number of allylic oxidation sites excluding steroid dienone is 3. The molecule has 3 aliphatic heterocycles. The maximum atomic E-state index is 13.5. The Bertz CT molecular complexity index is 1940. The molecular weight excluding hydrogens is 1300 g/mol. The van der Waals surface area contributed by atoms with E-state index < -0.39 is 124 Å². The molecule has 102 heavy (non-hydrogen) atoms. The number of hydrogen-bond donors (Lipinski definition) is 12. The van der Waals surface area contributed by atoms with Crippen molar-refractivity contribution in [2.45, 2.75) is 471 Å². The minimum absolute atomic E-state index is 0.248. The summed E-state index contributed by atoms with van der Waals surface area (Å²) in [5.41, 5.74) is 0. The predicted octanol–water partition coefficient (Wildman–Crippen LogP) is 14.9. The second-order valence-electron chi connectivity index (χ2n) is 30.6. The van der Waals surface area contributed by atoms with Gasteiger partial charge in [-0.2, -0.15) is 0 Å². The lowest BCUT2D eigenvalue weighted by Gasteiger charge is -2.48. The molecule has 19 heteroatoms. The minimum atomic E-state index is -1.98. The average Bonchev–Trinajstić information content (AvgIpc) is 0.766. The van der Waals surface area contributed by atoms with E-state index in [2.05, 4.69) is 31.3 Å². The summed E-state index contributed by atoms with van der Waals surface area (Å²) in [4.78, 5) is 13.5. The number of unbranched alkanes of at least 4 members (excludes halogenated alkanes) is 51. The standard InChI is InChI=1S/C83H157NO18/c1-3-5-7-9-11-13-15-17-19-21-23-25-27-29-31-33-35-37-39-41-43-45-47-49-51-53-55-57-59-61-71(89)84-66(67(88)60-58-56-54-52-50-48-46-44-42-40-38-36-34-32-30-28-26-24-22-20-18-16-14-12-10-8-6-4-2)65-97-81-77(95)74(92)79(69(63-86)99-81)102-83-78(96)75(93)80(70(64-87)100-83)101-82-76(94)73(91)72(90)68(62-85)98-82/h21,23,58,60,66-70,72-83,85-88,90-96H,3-20,22,24-57,59,61-65H2,1-2H3,(H,84,89)/b23-21-,60-58+. The van der Waals surface area contributed by atoms with Crippen molar-refractivity contribution >= 4 is 5.91 Å². The van der Waals surface area contributed by atoms with Gasteiger partial charge in [0, 0.05) is 6.42 Å². The predicted molar refractivity (Wildman–Crippen MR) is 406 cm³/mol. The van der Waals surface area contributed by atoms with E-state index in [4.69, 9.17) is 28.4 Å². The molecule has 3 heterocycles. The molecule has 0 spiro atoms. The molecule has 3 rings (SSSR count). The van der Waals surface area contributed by atoms with E-state index >= 15 is 0 Å². The van der Waals surface area contributed by atoms with Gasteiger partial charge < -0.3 is 89.9 Å². The molecule has 12 N–H and O–H groups in total. The van der Waals surface area contributed by atoms with Gasteiger partial charge in [-0.3, -0.25) is 4.79 Å². The van der Waals surface area contributed by atoms with E-state index in [1.165, 1.54) is 295 Å². The van der Waals surface area contributed by atoms with Gasteiger partial charge in [0.1, 0.15) is 73.2 Å². The van der Waals surface area contributed by atoms with E-state index in [9.17, 15) is 61.0 Å². The third-order valence-corrected chi connectivity index (χ3v) is 21.5. The van der Waals surface area contributed by atoms with Crippen LogP contribution in [-0.4, -0.2) is 193 Å². The van der Waals surface area contributed by atoms with E-state index in [-0.39, 0.29) is 18.9 Å². The summed E-state index contributed by atoms with van der Waals surface area (Å²) in [6.07, 6.45) is 51.7. The van der Waals surface area contributed by atoms with Gasteiger partial charge in [0.2, 0.25) is 5.91 Å². The number of aliphatic hydroxyl groups excluding tert-OH is 11. The number of nitrogens with one attached hydrogen (secondary N) is 1. The van der Waals surface area contributed by atoms with Crippen LogP contribution in [0.4, 0.5) is 0 Å². The molecule has 0 saturated carbocycles. The molecule has 0 aromatic heterocycles. The molecule has 17 atom stereocenters. The first-order valence-corrected chi connectivity index (χ1v) is 42.6. The van der Waals surface area contributed by atoms with E-state index in [0.29, 0.717) is 6.42 Å². The van der Waals surface area contributed by atoms with Crippen molar-refractivity contribution in [2.75, 3.05) is 26.4 Å². The fraction of sp³-hybridized carbons (Fsp3) is 0.940. The van der Waals surface area contributed by atoms with Gasteiger partial charge in [0.15, 0.2) is 18.9 Å². The molecule has 19 nitrogen and oxygen atoms in total. The van der Waals surface area contributed by atoms with Crippen LogP contribution in [0, 0.1) is 0 Å². The molecule has 3 aliphatic rings. The third kappa shape index (κ3) is 43.5. The van der Waals surface area contributed by atoms with Gasteiger partial charge >= 0.3 is 0 Å². The van der Waals surface area contributed by atoms with Crippen molar-refractivity contribution in [1.82, 2.24) is 5.32 Å². The number of hydrogen-bond acceptors (Lipinski definition) is 18. The van der Waals surface area contributed by atoms with Crippen molar-refractivity contribution in [3.05, 3.63) is 24.3 Å². The summed E-state index contributed by atoms with van der Waals surface area (Å²) in [6.45, 7) is 1.80. The van der Waals surface area contributed by atoms with Crippen LogP contribution in [0.1, 0.15) is 367 Å². The summed E-state index contributed by atoms with van der Waals surface area (Å²) in [5, 5.41) is 121. The molecule has 17 unspecified atom stereocenters. The van der Waals surface area contributed by atoms with Crippen LogP contribution in [0.25, 0.3) is 0 Å². The van der Waals surface area contributed by atoms with Crippen molar-refractivity contribution in [3.63, 3.8) is 0 Å². The number of carbonyl (C=O) groups excluding carboxylic acids is 1. The first kappa shape index (κ1) is 94.5. The number of ether oxygens (including phenoxy) is 6. The fourth-order valence-corrected chi connectivity index (χ4v) is 14.7. The summed E-state index contributed by atoms with van der Waals surface area (Å²) >= 11 is 0. The van der Waals surface area contributed by atoms with Gasteiger partial charge in [0.05, 0.1) is 38.6 Å². The zero-order valence-electron chi connectivity index (χ0n) is 64.6. The number of rotatable bonds is 69. The zero-order chi connectivity index (χ0) is 73.9. The first-order chi connectivity index (χ1) is 49.8. The number of aliphatic hydroxyl groups is 11. The van der Waals surface area contributed by atoms with E-state index in [1.54, 1.807) is 6.08 Å².